The molecule has 3 rings (SSSR count). The Bertz CT molecular complexity index is 392. The first kappa shape index (κ1) is 12.9. The average Bonchev–Trinajstić information content (AvgIpc) is 2.38. The van der Waals surface area contributed by atoms with Crippen molar-refractivity contribution in [2.45, 2.75) is 25.9 Å². The standard InChI is InChI=1S/C15H24N4/c1-13(2)19-11-14(12-19)17-7-9-18(10-8-17)15-5-3-4-6-16-15/h3-6,13-14H,7-12H2,1-2H3. The van der Waals surface area contributed by atoms with E-state index in [4.69, 9.17) is 0 Å². The zero-order valence-corrected chi connectivity index (χ0v) is 12.0. The fourth-order valence-corrected chi connectivity index (χ4v) is 3.00. The molecule has 0 atom stereocenters. The summed E-state index contributed by atoms with van der Waals surface area (Å²) in [6, 6.07) is 7.65. The van der Waals surface area contributed by atoms with Crippen LogP contribution < -0.4 is 4.90 Å². The Morgan fingerprint density at radius 1 is 1.11 bits per heavy atom. The predicted octanol–water partition coefficient (Wildman–Crippen LogP) is 1.30. The molecule has 2 saturated heterocycles. The van der Waals surface area contributed by atoms with Gasteiger partial charge in [0.1, 0.15) is 5.82 Å². The minimum Gasteiger partial charge on any atom is -0.354 e. The molecule has 0 spiro atoms. The van der Waals surface area contributed by atoms with Crippen molar-refractivity contribution in [3.63, 3.8) is 0 Å². The number of likely N-dealkylation sites (tertiary alicyclic amines) is 1. The molecular formula is C15H24N4. The maximum Gasteiger partial charge on any atom is 0.128 e. The van der Waals surface area contributed by atoms with Gasteiger partial charge in [0.25, 0.3) is 0 Å². The van der Waals surface area contributed by atoms with Crippen LogP contribution in [0.2, 0.25) is 0 Å². The molecule has 104 valence electrons. The number of hydrogen-bond acceptors (Lipinski definition) is 4. The van der Waals surface area contributed by atoms with E-state index in [-0.39, 0.29) is 0 Å². The first-order valence-corrected chi connectivity index (χ1v) is 7.38. The molecule has 1 aromatic rings. The van der Waals surface area contributed by atoms with Crippen molar-refractivity contribution in [3.8, 4) is 0 Å². The number of piperazine rings is 1. The lowest BCUT2D eigenvalue weighted by Crippen LogP contribution is -2.64. The third kappa shape index (κ3) is 2.74. The molecular weight excluding hydrogens is 236 g/mol. The Morgan fingerprint density at radius 3 is 2.42 bits per heavy atom. The van der Waals surface area contributed by atoms with Crippen LogP contribution in [0.3, 0.4) is 0 Å². The molecule has 2 aliphatic rings. The van der Waals surface area contributed by atoms with E-state index in [1.54, 1.807) is 0 Å². The van der Waals surface area contributed by atoms with E-state index in [9.17, 15) is 0 Å². The van der Waals surface area contributed by atoms with Crippen molar-refractivity contribution < 1.29 is 0 Å². The second-order valence-electron chi connectivity index (χ2n) is 5.91. The summed E-state index contributed by atoms with van der Waals surface area (Å²) in [6.07, 6.45) is 1.88. The third-order valence-corrected chi connectivity index (χ3v) is 4.42. The number of aromatic nitrogens is 1. The van der Waals surface area contributed by atoms with Crippen molar-refractivity contribution in [1.82, 2.24) is 14.8 Å². The number of hydrogen-bond donors (Lipinski definition) is 0. The van der Waals surface area contributed by atoms with E-state index in [1.165, 1.54) is 26.2 Å². The zero-order valence-electron chi connectivity index (χ0n) is 12.0. The molecule has 0 aromatic carbocycles. The van der Waals surface area contributed by atoms with Gasteiger partial charge in [-0.3, -0.25) is 9.80 Å². The highest BCUT2D eigenvalue weighted by atomic mass is 15.4. The lowest BCUT2D eigenvalue weighted by atomic mass is 10.0. The van der Waals surface area contributed by atoms with Gasteiger partial charge >= 0.3 is 0 Å². The van der Waals surface area contributed by atoms with Crippen molar-refractivity contribution in [3.05, 3.63) is 24.4 Å². The first-order chi connectivity index (χ1) is 9.24. The summed E-state index contributed by atoms with van der Waals surface area (Å²) >= 11 is 0. The Balaban J connectivity index is 1.48. The summed E-state index contributed by atoms with van der Waals surface area (Å²) in [5.74, 6) is 1.12. The van der Waals surface area contributed by atoms with Gasteiger partial charge in [0, 0.05) is 57.5 Å². The van der Waals surface area contributed by atoms with E-state index in [0.29, 0.717) is 6.04 Å². The van der Waals surface area contributed by atoms with Crippen LogP contribution in [0.15, 0.2) is 24.4 Å². The maximum absolute atomic E-state index is 4.44. The predicted molar refractivity (Wildman–Crippen MR) is 78.5 cm³/mol. The third-order valence-electron chi connectivity index (χ3n) is 4.42. The number of nitrogens with zero attached hydrogens (tertiary/aromatic N) is 4. The summed E-state index contributed by atoms with van der Waals surface area (Å²) in [5.41, 5.74) is 0. The molecule has 4 nitrogen and oxygen atoms in total. The van der Waals surface area contributed by atoms with Crippen LogP contribution in [0.1, 0.15) is 13.8 Å². The summed E-state index contributed by atoms with van der Waals surface area (Å²) in [7, 11) is 0. The van der Waals surface area contributed by atoms with Gasteiger partial charge in [-0.05, 0) is 26.0 Å². The molecule has 19 heavy (non-hydrogen) atoms. The maximum atomic E-state index is 4.44. The lowest BCUT2D eigenvalue weighted by Gasteiger charge is -2.49. The van der Waals surface area contributed by atoms with E-state index < -0.39 is 0 Å². The molecule has 2 aliphatic heterocycles. The van der Waals surface area contributed by atoms with Gasteiger partial charge < -0.3 is 4.90 Å². The van der Waals surface area contributed by atoms with Crippen LogP contribution in [0.5, 0.6) is 0 Å². The Kier molecular flexibility index (Phi) is 3.71. The minimum absolute atomic E-state index is 0.700. The van der Waals surface area contributed by atoms with Gasteiger partial charge in [-0.15, -0.1) is 0 Å². The second kappa shape index (κ2) is 5.47. The summed E-state index contributed by atoms with van der Waals surface area (Å²) in [4.78, 5) is 12.0. The number of anilines is 1. The monoisotopic (exact) mass is 260 g/mol. The van der Waals surface area contributed by atoms with E-state index in [1.807, 2.05) is 12.3 Å². The normalized spacial score (nSPS) is 22.8. The molecule has 0 bridgehead atoms. The fraction of sp³-hybridized carbons (Fsp3) is 0.667. The Labute approximate surface area is 116 Å². The number of rotatable bonds is 3. The van der Waals surface area contributed by atoms with E-state index in [0.717, 1.165) is 24.9 Å². The van der Waals surface area contributed by atoms with Crippen molar-refractivity contribution in [1.29, 1.82) is 0 Å². The van der Waals surface area contributed by atoms with Crippen LogP contribution in [0.25, 0.3) is 0 Å². The molecule has 0 unspecified atom stereocenters. The van der Waals surface area contributed by atoms with Crippen LogP contribution >= 0.6 is 0 Å². The minimum atomic E-state index is 0.700. The molecule has 3 heterocycles. The average molecular weight is 260 g/mol. The molecule has 0 radical (unpaired) electrons. The Hall–Kier alpha value is -1.13. The van der Waals surface area contributed by atoms with Crippen molar-refractivity contribution in [2.75, 3.05) is 44.2 Å². The van der Waals surface area contributed by atoms with Crippen LogP contribution in [0, 0.1) is 0 Å². The molecule has 0 aliphatic carbocycles. The second-order valence-corrected chi connectivity index (χ2v) is 5.91. The summed E-state index contributed by atoms with van der Waals surface area (Å²) in [5, 5.41) is 0. The zero-order chi connectivity index (χ0) is 13.2. The van der Waals surface area contributed by atoms with Gasteiger partial charge in [0.2, 0.25) is 0 Å². The highest BCUT2D eigenvalue weighted by Gasteiger charge is 2.34. The van der Waals surface area contributed by atoms with E-state index in [2.05, 4.69) is 45.7 Å². The Morgan fingerprint density at radius 2 is 1.84 bits per heavy atom. The smallest absolute Gasteiger partial charge is 0.128 e. The lowest BCUT2D eigenvalue weighted by molar-refractivity contribution is 0.0114. The molecule has 2 fully saturated rings. The van der Waals surface area contributed by atoms with Gasteiger partial charge in [-0.2, -0.15) is 0 Å². The van der Waals surface area contributed by atoms with Crippen LogP contribution in [0.4, 0.5) is 5.82 Å². The van der Waals surface area contributed by atoms with Gasteiger partial charge in [-0.1, -0.05) is 6.07 Å². The molecule has 4 heteroatoms. The van der Waals surface area contributed by atoms with Gasteiger partial charge in [0.15, 0.2) is 0 Å². The topological polar surface area (TPSA) is 22.6 Å². The van der Waals surface area contributed by atoms with Gasteiger partial charge in [0.05, 0.1) is 0 Å². The molecule has 0 amide bonds. The SMILES string of the molecule is CC(C)N1CC(N2CCN(c3ccccn3)CC2)C1. The van der Waals surface area contributed by atoms with Crippen molar-refractivity contribution >= 4 is 5.82 Å². The summed E-state index contributed by atoms with van der Waals surface area (Å²) in [6.45, 7) is 11.6. The van der Waals surface area contributed by atoms with Gasteiger partial charge in [-0.25, -0.2) is 4.98 Å². The molecule has 0 saturated carbocycles. The first-order valence-electron chi connectivity index (χ1n) is 7.38. The highest BCUT2D eigenvalue weighted by molar-refractivity contribution is 5.38. The quantitative estimate of drug-likeness (QED) is 0.817. The number of pyridine rings is 1. The molecule has 1 aromatic heterocycles. The largest absolute Gasteiger partial charge is 0.354 e. The molecule has 0 N–H and O–H groups in total. The summed E-state index contributed by atoms with van der Waals surface area (Å²) < 4.78 is 0. The van der Waals surface area contributed by atoms with Crippen molar-refractivity contribution in [2.24, 2.45) is 0 Å². The van der Waals surface area contributed by atoms with E-state index >= 15 is 0 Å². The highest BCUT2D eigenvalue weighted by Crippen LogP contribution is 2.20. The van der Waals surface area contributed by atoms with Crippen LogP contribution in [-0.4, -0.2) is 66.1 Å². The fourth-order valence-electron chi connectivity index (χ4n) is 3.00. The van der Waals surface area contributed by atoms with Crippen LogP contribution in [-0.2, 0) is 0 Å².